The maximum absolute atomic E-state index is 2.96. The van der Waals surface area contributed by atoms with Gasteiger partial charge in [-0.3, -0.25) is 0 Å². The van der Waals surface area contributed by atoms with E-state index in [4.69, 9.17) is 0 Å². The van der Waals surface area contributed by atoms with E-state index in [9.17, 15) is 0 Å². The molecule has 0 aliphatic heterocycles. The largest absolute Gasteiger partial charge is 0.0689 e. The van der Waals surface area contributed by atoms with Crippen molar-refractivity contribution in [1.29, 1.82) is 0 Å². The zero-order valence-corrected chi connectivity index (χ0v) is 26.9. The molecule has 0 aromatic rings. The van der Waals surface area contributed by atoms with E-state index in [2.05, 4.69) is 40.8 Å². The highest BCUT2D eigenvalue weighted by atomic mass is 28.3. The molecule has 6 rings (SSSR count). The molecule has 0 heterocycles. The molecule has 6 aliphatic rings. The van der Waals surface area contributed by atoms with Crippen molar-refractivity contribution in [2.24, 2.45) is 71.0 Å². The fraction of sp³-hybridized carbons (Fsp3) is 1.00. The molecule has 212 valence electrons. The molecule has 0 bridgehead atoms. The molecule has 1 heteroatoms. The number of hydrogen-bond acceptors (Lipinski definition) is 0. The summed E-state index contributed by atoms with van der Waals surface area (Å²) in [5.41, 5.74) is 2.24. The lowest BCUT2D eigenvalue weighted by Crippen LogP contribution is -2.48. The third-order valence-electron chi connectivity index (χ3n) is 14.9. The Morgan fingerprint density at radius 2 is 0.784 bits per heavy atom. The van der Waals surface area contributed by atoms with Gasteiger partial charge in [0, 0.05) is 0 Å². The van der Waals surface area contributed by atoms with Gasteiger partial charge in [-0.05, 0) is 108 Å². The van der Waals surface area contributed by atoms with Gasteiger partial charge >= 0.3 is 0 Å². The van der Waals surface area contributed by atoms with Crippen LogP contribution >= 0.6 is 0 Å². The third kappa shape index (κ3) is 4.78. The second-order valence-electron chi connectivity index (χ2n) is 17.0. The third-order valence-corrected chi connectivity index (χ3v) is 20.3. The summed E-state index contributed by atoms with van der Waals surface area (Å²) < 4.78 is 0. The minimum atomic E-state index is -1.38. The van der Waals surface area contributed by atoms with Crippen molar-refractivity contribution >= 4 is 8.07 Å². The van der Waals surface area contributed by atoms with Crippen LogP contribution in [0, 0.1) is 71.0 Å². The average Bonchev–Trinajstić information content (AvgIpc) is 3.41. The van der Waals surface area contributed by atoms with Crippen LogP contribution in [0.4, 0.5) is 0 Å². The highest BCUT2D eigenvalue weighted by Gasteiger charge is 2.61. The first-order chi connectivity index (χ1) is 17.8. The lowest BCUT2D eigenvalue weighted by molar-refractivity contribution is 0.0479. The van der Waals surface area contributed by atoms with Crippen LogP contribution in [0.2, 0.25) is 24.2 Å². The molecule has 6 fully saturated rings. The highest BCUT2D eigenvalue weighted by Crippen LogP contribution is 2.68. The second-order valence-corrected chi connectivity index (χ2v) is 22.0. The summed E-state index contributed by atoms with van der Waals surface area (Å²) in [4.78, 5) is 0. The van der Waals surface area contributed by atoms with Gasteiger partial charge in [0.2, 0.25) is 0 Å². The Morgan fingerprint density at radius 3 is 1.16 bits per heavy atom. The molecule has 0 radical (unpaired) electrons. The smallest absolute Gasteiger partial charge is 0.0546 e. The van der Waals surface area contributed by atoms with Crippen LogP contribution in [0.3, 0.4) is 0 Å². The summed E-state index contributed by atoms with van der Waals surface area (Å²) in [6.07, 6.45) is 25.0. The highest BCUT2D eigenvalue weighted by molar-refractivity contribution is 6.80. The van der Waals surface area contributed by atoms with Gasteiger partial charge < -0.3 is 0 Å². The van der Waals surface area contributed by atoms with Crippen LogP contribution < -0.4 is 0 Å². The summed E-state index contributed by atoms with van der Waals surface area (Å²) in [7, 11) is -1.38. The van der Waals surface area contributed by atoms with E-state index in [0.29, 0.717) is 0 Å². The van der Waals surface area contributed by atoms with E-state index in [1.165, 1.54) is 38.5 Å². The van der Waals surface area contributed by atoms with Crippen LogP contribution in [-0.2, 0) is 0 Å². The first-order valence-corrected chi connectivity index (χ1v) is 20.9. The lowest BCUT2D eigenvalue weighted by atomic mass is 9.61. The Hall–Kier alpha value is 0.217. The van der Waals surface area contributed by atoms with E-state index < -0.39 is 8.07 Å². The summed E-state index contributed by atoms with van der Waals surface area (Å²) in [5.74, 6) is 12.7. The fourth-order valence-electron chi connectivity index (χ4n) is 14.1. The molecule has 6 aliphatic carbocycles. The molecule has 12 atom stereocenters. The summed E-state index contributed by atoms with van der Waals surface area (Å²) in [6, 6.07) is 0. The minimum Gasteiger partial charge on any atom is -0.0689 e. The maximum Gasteiger partial charge on any atom is 0.0546 e. The summed E-state index contributed by atoms with van der Waals surface area (Å²) >= 11 is 0. The van der Waals surface area contributed by atoms with E-state index in [-0.39, 0.29) is 0 Å². The predicted octanol–water partition coefficient (Wildman–Crippen LogP) is 11.2. The first kappa shape index (κ1) is 27.4. The second kappa shape index (κ2) is 10.9. The van der Waals surface area contributed by atoms with Crippen molar-refractivity contribution < 1.29 is 0 Å². The van der Waals surface area contributed by atoms with Gasteiger partial charge in [0.1, 0.15) is 0 Å². The van der Waals surface area contributed by atoms with Gasteiger partial charge in [-0.1, -0.05) is 118 Å². The molecule has 0 spiro atoms. The van der Waals surface area contributed by atoms with Crippen molar-refractivity contribution in [3.05, 3.63) is 0 Å². The Kier molecular flexibility index (Phi) is 8.06. The van der Waals surface area contributed by atoms with Crippen LogP contribution in [-0.4, -0.2) is 8.07 Å². The topological polar surface area (TPSA) is 0 Å². The zero-order valence-electron chi connectivity index (χ0n) is 25.9. The molecule has 0 aromatic carbocycles. The quantitative estimate of drug-likeness (QED) is 0.321. The molecule has 0 N–H and O–H groups in total. The van der Waals surface area contributed by atoms with Crippen molar-refractivity contribution in [1.82, 2.24) is 0 Å². The molecule has 0 aromatic heterocycles. The lowest BCUT2D eigenvalue weighted by Gasteiger charge is -2.51. The molecule has 0 amide bonds. The number of rotatable bonds is 4. The molecule has 12 unspecified atom stereocenters. The van der Waals surface area contributed by atoms with Gasteiger partial charge in [0.15, 0.2) is 0 Å². The van der Waals surface area contributed by atoms with Crippen LogP contribution in [0.1, 0.15) is 130 Å². The normalized spacial score (nSPS) is 50.1. The number of fused-ring (bicyclic) bond motifs is 2. The van der Waals surface area contributed by atoms with Crippen molar-refractivity contribution in [3.63, 3.8) is 0 Å². The van der Waals surface area contributed by atoms with Crippen LogP contribution in [0.5, 0.6) is 0 Å². The summed E-state index contributed by atoms with van der Waals surface area (Å²) in [5, 5.41) is 0. The standard InChI is InChI=1S/C36H64Si/c1-23-17-19-29-31(33(23)27-13-9-7-10-14-27)21-25(3)35(29)37(5,6)36-26(4)22-32-30(36)20-18-24(2)34(32)28-15-11-8-12-16-28/h23-36H,7-22H2,1-6H3. The van der Waals surface area contributed by atoms with Gasteiger partial charge in [0.25, 0.3) is 0 Å². The zero-order chi connectivity index (χ0) is 25.9. The van der Waals surface area contributed by atoms with Gasteiger partial charge in [-0.15, -0.1) is 0 Å². The molecule has 0 saturated heterocycles. The monoisotopic (exact) mass is 524 g/mol. The van der Waals surface area contributed by atoms with Gasteiger partial charge in [-0.25, -0.2) is 0 Å². The van der Waals surface area contributed by atoms with E-state index in [0.717, 1.165) is 82.1 Å². The predicted molar refractivity (Wildman–Crippen MR) is 163 cm³/mol. The van der Waals surface area contributed by atoms with E-state index in [1.54, 1.807) is 64.2 Å². The van der Waals surface area contributed by atoms with E-state index >= 15 is 0 Å². The molecular weight excluding hydrogens is 460 g/mol. The Morgan fingerprint density at radius 1 is 0.405 bits per heavy atom. The van der Waals surface area contributed by atoms with Crippen molar-refractivity contribution in [3.8, 4) is 0 Å². The van der Waals surface area contributed by atoms with E-state index in [1.807, 2.05) is 0 Å². The maximum atomic E-state index is 2.96. The minimum absolute atomic E-state index is 1.01. The fourth-order valence-corrected chi connectivity index (χ4v) is 20.8. The Balaban J connectivity index is 1.25. The average molecular weight is 525 g/mol. The Labute approximate surface area is 233 Å². The van der Waals surface area contributed by atoms with Crippen molar-refractivity contribution in [2.45, 2.75) is 155 Å². The summed E-state index contributed by atoms with van der Waals surface area (Å²) in [6.45, 7) is 16.8. The Bertz CT molecular complexity index is 697. The number of hydrogen-bond donors (Lipinski definition) is 0. The molecule has 37 heavy (non-hydrogen) atoms. The van der Waals surface area contributed by atoms with Crippen LogP contribution in [0.25, 0.3) is 0 Å². The molecule has 6 saturated carbocycles. The van der Waals surface area contributed by atoms with Crippen LogP contribution in [0.15, 0.2) is 0 Å². The SMILES string of the molecule is CC1CCC2C(CC(C)C2[Si](C)(C)C2C(C)CC3C2CCC(C)C3C2CCCCC2)C1C1CCCCC1. The molecule has 0 nitrogen and oxygen atoms in total. The van der Waals surface area contributed by atoms with Gasteiger partial charge in [0.05, 0.1) is 8.07 Å². The molecular formula is C36H64Si. The van der Waals surface area contributed by atoms with Gasteiger partial charge in [-0.2, -0.15) is 0 Å². The van der Waals surface area contributed by atoms with Crippen molar-refractivity contribution in [2.75, 3.05) is 0 Å². The first-order valence-electron chi connectivity index (χ1n) is 17.8.